The third-order valence-electron chi connectivity index (χ3n) is 5.02. The van der Waals surface area contributed by atoms with Crippen molar-refractivity contribution in [3.05, 3.63) is 77.4 Å². The SMILES string of the molecule is O=C([O-])c1c2c(nc3ccc(F)cc13)-c1cnc(-c3ccccc3)nc1CC2.[Na+]. The number of carboxylic acids is 1. The molecule has 0 bridgehead atoms. The zero-order chi connectivity index (χ0) is 19.3. The Bertz CT molecular complexity index is 1260. The van der Waals surface area contributed by atoms with Crippen molar-refractivity contribution in [1.29, 1.82) is 0 Å². The van der Waals surface area contributed by atoms with Crippen molar-refractivity contribution in [1.82, 2.24) is 15.0 Å². The maximum absolute atomic E-state index is 13.7. The van der Waals surface area contributed by atoms with Crippen LogP contribution in [0, 0.1) is 5.82 Å². The molecule has 0 radical (unpaired) electrons. The number of carbonyl (C=O) groups is 1. The van der Waals surface area contributed by atoms with Crippen molar-refractivity contribution in [2.45, 2.75) is 12.8 Å². The Labute approximate surface area is 188 Å². The molecule has 0 spiro atoms. The smallest absolute Gasteiger partial charge is 0.545 e. The number of rotatable bonds is 2. The first kappa shape index (κ1) is 19.6. The van der Waals surface area contributed by atoms with Crippen LogP contribution in [0.5, 0.6) is 0 Å². The van der Waals surface area contributed by atoms with E-state index in [0.29, 0.717) is 41.0 Å². The average molecular weight is 393 g/mol. The van der Waals surface area contributed by atoms with Gasteiger partial charge in [0.05, 0.1) is 22.9 Å². The van der Waals surface area contributed by atoms with Gasteiger partial charge in [0, 0.05) is 28.3 Å². The molecule has 0 unspecified atom stereocenters. The number of halogens is 1. The van der Waals surface area contributed by atoms with E-state index < -0.39 is 11.8 Å². The monoisotopic (exact) mass is 393 g/mol. The number of nitrogens with zero attached hydrogens (tertiary/aromatic N) is 3. The van der Waals surface area contributed by atoms with Crippen LogP contribution in [0.4, 0.5) is 4.39 Å². The molecule has 1 aliphatic rings. The molecule has 2 heterocycles. The Morgan fingerprint density at radius 3 is 2.59 bits per heavy atom. The number of benzene rings is 2. The van der Waals surface area contributed by atoms with Crippen molar-refractivity contribution < 1.29 is 43.8 Å². The molecule has 7 heteroatoms. The van der Waals surface area contributed by atoms with Gasteiger partial charge >= 0.3 is 29.6 Å². The number of aromatic nitrogens is 3. The zero-order valence-corrected chi connectivity index (χ0v) is 17.6. The van der Waals surface area contributed by atoms with Crippen molar-refractivity contribution in [3.63, 3.8) is 0 Å². The largest absolute Gasteiger partial charge is 1.00 e. The molecule has 5 rings (SSSR count). The van der Waals surface area contributed by atoms with E-state index in [0.717, 1.165) is 11.3 Å². The van der Waals surface area contributed by atoms with E-state index >= 15 is 0 Å². The summed E-state index contributed by atoms with van der Waals surface area (Å²) in [6, 6.07) is 13.6. The number of aryl methyl sites for hydroxylation is 1. The van der Waals surface area contributed by atoms with Crippen molar-refractivity contribution >= 4 is 16.9 Å². The van der Waals surface area contributed by atoms with Crippen molar-refractivity contribution in [3.8, 4) is 22.6 Å². The van der Waals surface area contributed by atoms with Gasteiger partial charge in [0.15, 0.2) is 5.82 Å². The van der Waals surface area contributed by atoms with E-state index in [4.69, 9.17) is 0 Å². The van der Waals surface area contributed by atoms with E-state index in [9.17, 15) is 14.3 Å². The van der Waals surface area contributed by atoms with Gasteiger partial charge in [-0.2, -0.15) is 0 Å². The van der Waals surface area contributed by atoms with Gasteiger partial charge in [-0.05, 0) is 36.6 Å². The number of fused-ring (bicyclic) bond motifs is 4. The summed E-state index contributed by atoms with van der Waals surface area (Å²) in [4.78, 5) is 25.6. The normalized spacial score (nSPS) is 12.0. The van der Waals surface area contributed by atoms with Gasteiger partial charge in [0.2, 0.25) is 0 Å². The average Bonchev–Trinajstić information content (AvgIpc) is 2.72. The maximum Gasteiger partial charge on any atom is 1.00 e. The summed E-state index contributed by atoms with van der Waals surface area (Å²) in [5, 5.41) is 12.1. The summed E-state index contributed by atoms with van der Waals surface area (Å²) < 4.78 is 13.7. The second kappa shape index (κ2) is 7.63. The first-order valence-corrected chi connectivity index (χ1v) is 8.87. The van der Waals surface area contributed by atoms with Gasteiger partial charge in [0.1, 0.15) is 5.82 Å². The quantitative estimate of drug-likeness (QED) is 0.447. The molecule has 0 fully saturated rings. The van der Waals surface area contributed by atoms with E-state index in [1.165, 1.54) is 18.2 Å². The van der Waals surface area contributed by atoms with Crippen LogP contribution in [0.2, 0.25) is 0 Å². The second-order valence-corrected chi connectivity index (χ2v) is 6.68. The Morgan fingerprint density at radius 2 is 1.83 bits per heavy atom. The number of aromatic carboxylic acids is 1. The molecular weight excluding hydrogens is 380 g/mol. The summed E-state index contributed by atoms with van der Waals surface area (Å²) in [6.45, 7) is 0. The minimum atomic E-state index is -1.33. The molecule has 136 valence electrons. The summed E-state index contributed by atoms with van der Waals surface area (Å²) in [5.41, 5.74) is 3.90. The van der Waals surface area contributed by atoms with Gasteiger partial charge in [-0.15, -0.1) is 0 Å². The molecular formula is C22H13FN3NaO2. The third kappa shape index (κ3) is 3.33. The van der Waals surface area contributed by atoms with Gasteiger partial charge in [-0.1, -0.05) is 30.3 Å². The minimum Gasteiger partial charge on any atom is -0.545 e. The maximum atomic E-state index is 13.7. The minimum absolute atomic E-state index is 0. The molecule has 0 saturated heterocycles. The Kier molecular flexibility index (Phi) is 5.17. The van der Waals surface area contributed by atoms with Crippen LogP contribution in [0.25, 0.3) is 33.5 Å². The van der Waals surface area contributed by atoms with E-state index in [2.05, 4.69) is 15.0 Å². The van der Waals surface area contributed by atoms with Crippen LogP contribution in [-0.2, 0) is 12.8 Å². The molecule has 4 aromatic rings. The molecule has 2 aromatic carbocycles. The zero-order valence-electron chi connectivity index (χ0n) is 15.6. The van der Waals surface area contributed by atoms with Crippen LogP contribution in [0.1, 0.15) is 21.6 Å². The fraction of sp³-hybridized carbons (Fsp3) is 0.0909. The number of carboxylic acid groups (broad SMARTS) is 1. The summed E-state index contributed by atoms with van der Waals surface area (Å²) >= 11 is 0. The molecule has 29 heavy (non-hydrogen) atoms. The molecule has 1 aliphatic carbocycles. The predicted molar refractivity (Wildman–Crippen MR) is 99.9 cm³/mol. The molecule has 0 amide bonds. The fourth-order valence-electron chi connectivity index (χ4n) is 3.75. The van der Waals surface area contributed by atoms with Gasteiger partial charge in [-0.25, -0.2) is 19.3 Å². The standard InChI is InChI=1S/C22H14FN3O2.Na/c23-13-6-8-17-15(10-13)19(22(27)28)14-7-9-18-16(20(14)25-17)11-24-21(26-18)12-4-2-1-3-5-12;/h1-6,8,10-11H,7,9H2,(H,27,28);/q;+1/p-1. The number of hydrogen-bond donors (Lipinski definition) is 0. The number of pyridine rings is 1. The topological polar surface area (TPSA) is 78.8 Å². The van der Waals surface area contributed by atoms with Crippen LogP contribution in [-0.4, -0.2) is 20.9 Å². The second-order valence-electron chi connectivity index (χ2n) is 6.68. The summed E-state index contributed by atoms with van der Waals surface area (Å²) in [6.07, 6.45) is 2.67. The number of hydrogen-bond acceptors (Lipinski definition) is 5. The van der Waals surface area contributed by atoms with Crippen LogP contribution in [0.3, 0.4) is 0 Å². The van der Waals surface area contributed by atoms with Crippen LogP contribution >= 0.6 is 0 Å². The molecule has 5 nitrogen and oxygen atoms in total. The van der Waals surface area contributed by atoms with E-state index in [1.807, 2.05) is 30.3 Å². The first-order chi connectivity index (χ1) is 13.6. The Balaban J connectivity index is 0.00000205. The Morgan fingerprint density at radius 1 is 1.03 bits per heavy atom. The Hall–Kier alpha value is -2.67. The van der Waals surface area contributed by atoms with Crippen molar-refractivity contribution in [2.24, 2.45) is 0 Å². The van der Waals surface area contributed by atoms with Crippen LogP contribution in [0.15, 0.2) is 54.7 Å². The first-order valence-electron chi connectivity index (χ1n) is 8.87. The summed E-state index contributed by atoms with van der Waals surface area (Å²) in [5.74, 6) is -1.23. The summed E-state index contributed by atoms with van der Waals surface area (Å²) in [7, 11) is 0. The van der Waals surface area contributed by atoms with Crippen molar-refractivity contribution in [2.75, 3.05) is 0 Å². The predicted octanol–water partition coefficient (Wildman–Crippen LogP) is -0.0360. The van der Waals surface area contributed by atoms with Gasteiger partial charge in [0.25, 0.3) is 0 Å². The molecule has 0 saturated carbocycles. The molecule has 2 aromatic heterocycles. The third-order valence-corrected chi connectivity index (χ3v) is 5.02. The van der Waals surface area contributed by atoms with Crippen LogP contribution < -0.4 is 34.7 Å². The fourth-order valence-corrected chi connectivity index (χ4v) is 3.75. The van der Waals surface area contributed by atoms with E-state index in [1.54, 1.807) is 6.20 Å². The number of carbonyl (C=O) groups excluding carboxylic acids is 1. The van der Waals surface area contributed by atoms with Gasteiger partial charge < -0.3 is 9.90 Å². The molecule has 0 aliphatic heterocycles. The van der Waals surface area contributed by atoms with E-state index in [-0.39, 0.29) is 40.5 Å². The molecule has 0 atom stereocenters. The van der Waals surface area contributed by atoms with Gasteiger partial charge in [-0.3, -0.25) is 0 Å². The molecule has 0 N–H and O–H groups in total.